The predicted molar refractivity (Wildman–Crippen MR) is 219 cm³/mol. The smallest absolute Gasteiger partial charge is 0.164 e. The number of hydrogen-bond acceptors (Lipinski definition) is 5. The summed E-state index contributed by atoms with van der Waals surface area (Å²) in [5.41, 5.74) is 10.5. The zero-order chi connectivity index (χ0) is 35.8. The normalized spacial score (nSPS) is 11.5. The Kier molecular flexibility index (Phi) is 7.73. The number of ether oxygens (including phenoxy) is 1. The molecule has 0 spiro atoms. The zero-order valence-electron chi connectivity index (χ0n) is 29.2. The van der Waals surface area contributed by atoms with Crippen molar-refractivity contribution in [3.63, 3.8) is 0 Å². The summed E-state index contributed by atoms with van der Waals surface area (Å²) in [6, 6.07) is 66.8. The first-order valence-corrected chi connectivity index (χ1v) is 18.0. The first-order chi connectivity index (χ1) is 26.8. The van der Waals surface area contributed by atoms with Crippen molar-refractivity contribution < 1.29 is 4.74 Å². The zero-order valence-corrected chi connectivity index (χ0v) is 29.2. The molecule has 1 aliphatic heterocycles. The van der Waals surface area contributed by atoms with Crippen molar-refractivity contribution in [1.29, 1.82) is 0 Å². The number of benzene rings is 8. The molecule has 8 aromatic carbocycles. The van der Waals surface area contributed by atoms with Crippen LogP contribution < -0.4 is 9.64 Å². The molecule has 1 aromatic heterocycles. The second-order valence-electron chi connectivity index (χ2n) is 13.2. The Labute approximate surface area is 313 Å². The van der Waals surface area contributed by atoms with Crippen molar-refractivity contribution in [3.05, 3.63) is 194 Å². The van der Waals surface area contributed by atoms with Gasteiger partial charge in [-0.15, -0.1) is 0 Å². The summed E-state index contributed by atoms with van der Waals surface area (Å²) in [6.07, 6.45) is 0. The number of hydrogen-bond donors (Lipinski definition) is 0. The first kappa shape index (κ1) is 31.4. The number of anilines is 3. The van der Waals surface area contributed by atoms with Crippen LogP contribution in [0.25, 0.3) is 67.2 Å². The van der Waals surface area contributed by atoms with Crippen LogP contribution in [0, 0.1) is 0 Å². The lowest BCUT2D eigenvalue weighted by molar-refractivity contribution is 0.487. The van der Waals surface area contributed by atoms with Crippen LogP contribution >= 0.6 is 0 Å². The van der Waals surface area contributed by atoms with Gasteiger partial charge in [-0.3, -0.25) is 0 Å². The molecule has 9 aromatic rings. The van der Waals surface area contributed by atoms with Crippen LogP contribution in [0.3, 0.4) is 0 Å². The van der Waals surface area contributed by atoms with Crippen molar-refractivity contribution >= 4 is 27.8 Å². The summed E-state index contributed by atoms with van der Waals surface area (Å²) >= 11 is 0. The molecule has 0 saturated heterocycles. The molecule has 0 N–H and O–H groups in total. The van der Waals surface area contributed by atoms with Gasteiger partial charge in [0.1, 0.15) is 11.5 Å². The number of rotatable bonds is 7. The van der Waals surface area contributed by atoms with Crippen LogP contribution in [-0.2, 0) is 0 Å². The number of nitrogens with zero attached hydrogens (tertiary/aromatic N) is 4. The van der Waals surface area contributed by atoms with Gasteiger partial charge < -0.3 is 9.64 Å². The maximum Gasteiger partial charge on any atom is 0.164 e. The van der Waals surface area contributed by atoms with E-state index in [0.717, 1.165) is 78.3 Å². The Morgan fingerprint density at radius 2 is 0.852 bits per heavy atom. The molecule has 0 bridgehead atoms. The molecule has 0 radical (unpaired) electrons. The molecule has 0 aliphatic carbocycles. The SMILES string of the molecule is c1ccc(-c2nc(-c3ccccc3)nc(-c3ccc4c5c(cccc35)-c3ccc(-c5ccc(N(c6ccccc6)c6ccccc6)cc5)cc3O4)n2)cc1. The van der Waals surface area contributed by atoms with E-state index >= 15 is 0 Å². The monoisotopic (exact) mass is 692 g/mol. The minimum atomic E-state index is 0.620. The van der Waals surface area contributed by atoms with Gasteiger partial charge in [0.15, 0.2) is 17.5 Å². The topological polar surface area (TPSA) is 51.1 Å². The fourth-order valence-electron chi connectivity index (χ4n) is 7.34. The van der Waals surface area contributed by atoms with Gasteiger partial charge in [-0.2, -0.15) is 0 Å². The predicted octanol–water partition coefficient (Wildman–Crippen LogP) is 12.9. The molecule has 2 heterocycles. The lowest BCUT2D eigenvalue weighted by Gasteiger charge is -2.25. The van der Waals surface area contributed by atoms with E-state index in [1.807, 2.05) is 78.9 Å². The molecule has 0 amide bonds. The summed E-state index contributed by atoms with van der Waals surface area (Å²) in [6.45, 7) is 0. The Balaban J connectivity index is 1.03. The van der Waals surface area contributed by atoms with Gasteiger partial charge in [0.05, 0.1) is 0 Å². The standard InChI is InChI=1S/C49H32N4O/c1-5-14-34(15-6-1)47-50-48(35-16-7-2-8-17-35)52-49(51-47)43-30-31-44-46-41(22-13-23-42(43)46)40-29-26-36(32-45(40)54-44)33-24-27-39(28-25-33)53(37-18-9-3-10-19-37)38-20-11-4-12-21-38/h1-32H. The second-order valence-corrected chi connectivity index (χ2v) is 13.2. The molecule has 5 nitrogen and oxygen atoms in total. The highest BCUT2D eigenvalue weighted by molar-refractivity contribution is 6.09. The molecule has 10 rings (SSSR count). The molecule has 1 aliphatic rings. The molecule has 0 fully saturated rings. The van der Waals surface area contributed by atoms with Gasteiger partial charge in [0.25, 0.3) is 0 Å². The maximum absolute atomic E-state index is 6.70. The molecular weight excluding hydrogens is 661 g/mol. The van der Waals surface area contributed by atoms with Gasteiger partial charge in [0.2, 0.25) is 0 Å². The average molecular weight is 693 g/mol. The minimum Gasteiger partial charge on any atom is -0.456 e. The summed E-state index contributed by atoms with van der Waals surface area (Å²) < 4.78 is 6.70. The molecule has 0 unspecified atom stereocenters. The van der Waals surface area contributed by atoms with Crippen molar-refractivity contribution in [2.75, 3.05) is 4.90 Å². The quantitative estimate of drug-likeness (QED) is 0.166. The molecule has 254 valence electrons. The van der Waals surface area contributed by atoms with Crippen LogP contribution in [0.2, 0.25) is 0 Å². The highest BCUT2D eigenvalue weighted by Gasteiger charge is 2.24. The third-order valence-corrected chi connectivity index (χ3v) is 9.92. The highest BCUT2D eigenvalue weighted by atomic mass is 16.5. The van der Waals surface area contributed by atoms with E-state index in [0.29, 0.717) is 17.5 Å². The van der Waals surface area contributed by atoms with Crippen molar-refractivity contribution in [1.82, 2.24) is 15.0 Å². The molecule has 0 saturated carbocycles. The van der Waals surface area contributed by atoms with E-state index < -0.39 is 0 Å². The fraction of sp³-hybridized carbons (Fsp3) is 0. The highest BCUT2D eigenvalue weighted by Crippen LogP contribution is 2.49. The minimum absolute atomic E-state index is 0.620. The van der Waals surface area contributed by atoms with Crippen LogP contribution in [0.4, 0.5) is 17.1 Å². The second kappa shape index (κ2) is 13.3. The average Bonchev–Trinajstić information content (AvgIpc) is 3.25. The Morgan fingerprint density at radius 1 is 0.333 bits per heavy atom. The van der Waals surface area contributed by atoms with Crippen LogP contribution in [0.5, 0.6) is 11.5 Å². The van der Waals surface area contributed by atoms with Crippen LogP contribution in [0.15, 0.2) is 194 Å². The summed E-state index contributed by atoms with van der Waals surface area (Å²) in [7, 11) is 0. The summed E-state index contributed by atoms with van der Waals surface area (Å²) in [5, 5.41) is 2.07. The number of para-hydroxylation sites is 2. The lowest BCUT2D eigenvalue weighted by Crippen LogP contribution is -2.09. The maximum atomic E-state index is 6.70. The van der Waals surface area contributed by atoms with E-state index in [2.05, 4.69) is 120 Å². The molecule has 5 heteroatoms. The molecule has 0 atom stereocenters. The van der Waals surface area contributed by atoms with Gasteiger partial charge in [-0.25, -0.2) is 15.0 Å². The first-order valence-electron chi connectivity index (χ1n) is 18.0. The van der Waals surface area contributed by atoms with E-state index in [4.69, 9.17) is 19.7 Å². The largest absolute Gasteiger partial charge is 0.456 e. The van der Waals surface area contributed by atoms with Gasteiger partial charge in [0, 0.05) is 44.7 Å². The molecule has 54 heavy (non-hydrogen) atoms. The van der Waals surface area contributed by atoms with Crippen LogP contribution in [-0.4, -0.2) is 15.0 Å². The third kappa shape index (κ3) is 5.65. The van der Waals surface area contributed by atoms with E-state index in [1.54, 1.807) is 0 Å². The van der Waals surface area contributed by atoms with E-state index in [9.17, 15) is 0 Å². The Bertz CT molecular complexity index is 2680. The fourth-order valence-corrected chi connectivity index (χ4v) is 7.34. The van der Waals surface area contributed by atoms with Crippen molar-refractivity contribution in [3.8, 4) is 67.9 Å². The van der Waals surface area contributed by atoms with Gasteiger partial charge in [-0.05, 0) is 82.7 Å². The Morgan fingerprint density at radius 3 is 1.46 bits per heavy atom. The Hall–Kier alpha value is -7.37. The number of fused-ring (bicyclic) bond motifs is 2. The van der Waals surface area contributed by atoms with E-state index in [-0.39, 0.29) is 0 Å². The van der Waals surface area contributed by atoms with E-state index in [1.165, 1.54) is 0 Å². The third-order valence-electron chi connectivity index (χ3n) is 9.92. The van der Waals surface area contributed by atoms with Gasteiger partial charge in [-0.1, -0.05) is 133 Å². The van der Waals surface area contributed by atoms with Crippen LogP contribution in [0.1, 0.15) is 0 Å². The van der Waals surface area contributed by atoms with Crippen molar-refractivity contribution in [2.24, 2.45) is 0 Å². The summed E-state index contributed by atoms with van der Waals surface area (Å²) in [4.78, 5) is 17.2. The van der Waals surface area contributed by atoms with Crippen molar-refractivity contribution in [2.45, 2.75) is 0 Å². The number of aromatic nitrogens is 3. The van der Waals surface area contributed by atoms with Gasteiger partial charge >= 0.3 is 0 Å². The molecular formula is C49H32N4O. The lowest BCUT2D eigenvalue weighted by atomic mass is 9.91. The summed E-state index contributed by atoms with van der Waals surface area (Å²) in [5.74, 6) is 3.53.